The van der Waals surface area contributed by atoms with Crippen molar-refractivity contribution in [3.8, 4) is 0 Å². The van der Waals surface area contributed by atoms with Crippen LogP contribution in [0.25, 0.3) is 0 Å². The van der Waals surface area contributed by atoms with E-state index in [0.29, 0.717) is 6.42 Å². The Balaban J connectivity index is 1.97. The van der Waals surface area contributed by atoms with Gasteiger partial charge in [-0.3, -0.25) is 4.79 Å². The van der Waals surface area contributed by atoms with Gasteiger partial charge in [-0.1, -0.05) is 60.7 Å². The second-order valence-corrected chi connectivity index (χ2v) is 5.99. The molecule has 0 unspecified atom stereocenters. The normalized spacial score (nSPS) is 12.8. The van der Waals surface area contributed by atoms with Crippen LogP contribution in [-0.2, 0) is 25.5 Å². The van der Waals surface area contributed by atoms with Crippen molar-refractivity contribution in [1.29, 1.82) is 0 Å². The first-order valence-corrected chi connectivity index (χ1v) is 8.65. The van der Waals surface area contributed by atoms with Crippen LogP contribution in [0.1, 0.15) is 30.1 Å². The minimum atomic E-state index is -0.766. The molecule has 1 amide bonds. The molecule has 0 saturated heterocycles. The van der Waals surface area contributed by atoms with Crippen LogP contribution in [0.3, 0.4) is 0 Å². The lowest BCUT2D eigenvalue weighted by molar-refractivity contribution is -0.147. The van der Waals surface area contributed by atoms with Gasteiger partial charge in [-0.25, -0.2) is 4.79 Å². The van der Waals surface area contributed by atoms with Gasteiger partial charge in [0.2, 0.25) is 0 Å². The van der Waals surface area contributed by atoms with E-state index >= 15 is 0 Å². The number of carbonyl (C=O) groups is 2. The number of methoxy groups -OCH3 is 2. The monoisotopic (exact) mass is 355 g/mol. The smallest absolute Gasteiger partial charge is 0.328 e. The Hall–Kier alpha value is -2.66. The highest BCUT2D eigenvalue weighted by Gasteiger charge is 2.26. The van der Waals surface area contributed by atoms with Crippen LogP contribution in [0, 0.1) is 0 Å². The molecule has 2 aromatic carbocycles. The molecule has 0 fully saturated rings. The SMILES string of the molecule is COC(=O)[C@H](CCCc1ccccc1)NC(=O)[C@@H](OC)c1ccccc1. The van der Waals surface area contributed by atoms with Crippen LogP contribution in [-0.4, -0.2) is 32.1 Å². The van der Waals surface area contributed by atoms with E-state index in [-0.39, 0.29) is 5.91 Å². The standard InChI is InChI=1S/C21H25NO4/c1-25-19(17-13-7-4-8-14-17)20(23)22-18(21(24)26-2)15-9-12-16-10-5-3-6-11-16/h3-8,10-11,13-14,18-19H,9,12,15H2,1-2H3,(H,22,23)/t18-,19-/m0/s1. The molecule has 5 nitrogen and oxygen atoms in total. The summed E-state index contributed by atoms with van der Waals surface area (Å²) in [7, 11) is 2.80. The Morgan fingerprint density at radius 2 is 1.58 bits per heavy atom. The zero-order chi connectivity index (χ0) is 18.8. The highest BCUT2D eigenvalue weighted by atomic mass is 16.5. The van der Waals surface area contributed by atoms with Gasteiger partial charge in [0.1, 0.15) is 6.04 Å². The number of esters is 1. The van der Waals surface area contributed by atoms with Gasteiger partial charge >= 0.3 is 5.97 Å². The van der Waals surface area contributed by atoms with Crippen LogP contribution >= 0.6 is 0 Å². The summed E-state index contributed by atoms with van der Waals surface area (Å²) in [6.45, 7) is 0. The molecule has 0 aliphatic carbocycles. The molecular formula is C21H25NO4. The Morgan fingerprint density at radius 1 is 0.962 bits per heavy atom. The molecule has 0 aliphatic rings. The quantitative estimate of drug-likeness (QED) is 0.702. The van der Waals surface area contributed by atoms with Gasteiger partial charge < -0.3 is 14.8 Å². The van der Waals surface area contributed by atoms with E-state index in [1.807, 2.05) is 60.7 Å². The zero-order valence-electron chi connectivity index (χ0n) is 15.2. The van der Waals surface area contributed by atoms with Gasteiger partial charge in [0.25, 0.3) is 5.91 Å². The Labute approximate surface area is 154 Å². The van der Waals surface area contributed by atoms with Crippen molar-refractivity contribution in [1.82, 2.24) is 5.32 Å². The van der Waals surface area contributed by atoms with Gasteiger partial charge in [0.05, 0.1) is 7.11 Å². The summed E-state index contributed by atoms with van der Waals surface area (Å²) < 4.78 is 10.2. The summed E-state index contributed by atoms with van der Waals surface area (Å²) >= 11 is 0. The molecule has 0 spiro atoms. The molecule has 1 N–H and O–H groups in total. The molecule has 0 saturated carbocycles. The topological polar surface area (TPSA) is 64.6 Å². The van der Waals surface area contributed by atoms with Crippen LogP contribution in [0.15, 0.2) is 60.7 Å². The summed E-state index contributed by atoms with van der Waals surface area (Å²) in [5, 5.41) is 2.77. The number of rotatable bonds is 9. The molecule has 2 aromatic rings. The molecule has 2 rings (SSSR count). The lowest BCUT2D eigenvalue weighted by Crippen LogP contribution is -2.44. The van der Waals surface area contributed by atoms with Crippen LogP contribution in [0.2, 0.25) is 0 Å². The predicted octanol–water partition coefficient (Wildman–Crippen LogP) is 3.05. The number of carbonyl (C=O) groups excluding carboxylic acids is 2. The fraction of sp³-hybridized carbons (Fsp3) is 0.333. The van der Waals surface area contributed by atoms with Gasteiger partial charge in [-0.2, -0.15) is 0 Å². The highest BCUT2D eigenvalue weighted by Crippen LogP contribution is 2.17. The number of aryl methyl sites for hydroxylation is 1. The average Bonchev–Trinajstić information content (AvgIpc) is 2.69. The van der Waals surface area contributed by atoms with Crippen molar-refractivity contribution in [2.24, 2.45) is 0 Å². The molecule has 26 heavy (non-hydrogen) atoms. The van der Waals surface area contributed by atoms with Gasteiger partial charge in [-0.15, -0.1) is 0 Å². The average molecular weight is 355 g/mol. The van der Waals surface area contributed by atoms with Gasteiger partial charge in [-0.05, 0) is 30.4 Å². The summed E-state index contributed by atoms with van der Waals surface area (Å²) in [5.74, 6) is -0.803. The lowest BCUT2D eigenvalue weighted by atomic mass is 10.0. The van der Waals surface area contributed by atoms with E-state index < -0.39 is 18.1 Å². The zero-order valence-corrected chi connectivity index (χ0v) is 15.2. The Bertz CT molecular complexity index is 688. The second kappa shape index (κ2) is 10.4. The molecule has 0 bridgehead atoms. The van der Waals surface area contributed by atoms with Crippen molar-refractivity contribution in [2.75, 3.05) is 14.2 Å². The number of ether oxygens (including phenoxy) is 2. The maximum atomic E-state index is 12.6. The first-order valence-electron chi connectivity index (χ1n) is 8.65. The fourth-order valence-electron chi connectivity index (χ4n) is 2.82. The molecular weight excluding hydrogens is 330 g/mol. The van der Waals surface area contributed by atoms with E-state index in [1.165, 1.54) is 19.8 Å². The first kappa shape index (κ1) is 19.7. The Morgan fingerprint density at radius 3 is 2.15 bits per heavy atom. The molecule has 0 aliphatic heterocycles. The van der Waals surface area contributed by atoms with E-state index in [9.17, 15) is 9.59 Å². The highest BCUT2D eigenvalue weighted by molar-refractivity contribution is 5.87. The Kier molecular flexibility index (Phi) is 7.83. The second-order valence-electron chi connectivity index (χ2n) is 5.99. The first-order chi connectivity index (χ1) is 12.7. The summed E-state index contributed by atoms with van der Waals surface area (Å²) in [6.07, 6.45) is 1.32. The van der Waals surface area contributed by atoms with Gasteiger partial charge in [0.15, 0.2) is 6.10 Å². The number of amides is 1. The summed E-state index contributed by atoms with van der Waals surface area (Å²) in [5.41, 5.74) is 1.93. The third-order valence-corrected chi connectivity index (χ3v) is 4.18. The molecule has 138 valence electrons. The molecule has 5 heteroatoms. The van der Waals surface area contributed by atoms with E-state index in [4.69, 9.17) is 9.47 Å². The van der Waals surface area contributed by atoms with Crippen molar-refractivity contribution in [3.05, 3.63) is 71.8 Å². The third kappa shape index (κ3) is 5.70. The van der Waals surface area contributed by atoms with E-state index in [1.54, 1.807) is 0 Å². The largest absolute Gasteiger partial charge is 0.467 e. The maximum absolute atomic E-state index is 12.6. The lowest BCUT2D eigenvalue weighted by Gasteiger charge is -2.21. The summed E-state index contributed by atoms with van der Waals surface area (Å²) in [4.78, 5) is 24.7. The van der Waals surface area contributed by atoms with Crippen LogP contribution in [0.4, 0.5) is 0 Å². The minimum absolute atomic E-state index is 0.353. The molecule has 0 radical (unpaired) electrons. The number of nitrogens with one attached hydrogen (secondary N) is 1. The van der Waals surface area contributed by atoms with Crippen molar-refractivity contribution < 1.29 is 19.1 Å². The number of hydrogen-bond acceptors (Lipinski definition) is 4. The van der Waals surface area contributed by atoms with Gasteiger partial charge in [0, 0.05) is 7.11 Å². The van der Waals surface area contributed by atoms with Crippen LogP contribution < -0.4 is 5.32 Å². The fourth-order valence-corrected chi connectivity index (χ4v) is 2.82. The van der Waals surface area contributed by atoms with Crippen molar-refractivity contribution >= 4 is 11.9 Å². The van der Waals surface area contributed by atoms with Crippen LogP contribution in [0.5, 0.6) is 0 Å². The van der Waals surface area contributed by atoms with Crippen molar-refractivity contribution in [2.45, 2.75) is 31.4 Å². The minimum Gasteiger partial charge on any atom is -0.467 e. The van der Waals surface area contributed by atoms with Crippen molar-refractivity contribution in [3.63, 3.8) is 0 Å². The molecule has 0 aromatic heterocycles. The molecule has 2 atom stereocenters. The van der Waals surface area contributed by atoms with E-state index in [0.717, 1.165) is 18.4 Å². The predicted molar refractivity (Wildman–Crippen MR) is 99.5 cm³/mol. The third-order valence-electron chi connectivity index (χ3n) is 4.18. The summed E-state index contributed by atoms with van der Waals surface area (Å²) in [6, 6.07) is 18.5. The maximum Gasteiger partial charge on any atom is 0.328 e. The number of hydrogen-bond donors (Lipinski definition) is 1. The molecule has 0 heterocycles. The number of benzene rings is 2. The van der Waals surface area contributed by atoms with E-state index in [2.05, 4.69) is 5.32 Å².